The molecule has 0 spiro atoms. The van der Waals surface area contributed by atoms with E-state index in [0.29, 0.717) is 94.7 Å². The molecule has 14 heteroatoms. The molecule has 0 unspecified atom stereocenters. The maximum Gasteiger partial charge on any atom is 0.407 e. The first kappa shape index (κ1) is 40.4. The van der Waals surface area contributed by atoms with E-state index in [1.807, 2.05) is 70.2 Å². The molecule has 0 aliphatic heterocycles. The molecule has 2 heterocycles. The molecular formula is C38H50N4O9S. The number of amides is 1. The minimum absolute atomic E-state index is 0.0615. The highest BCUT2D eigenvalue weighted by atomic mass is 32.1. The minimum atomic E-state index is -0.527. The number of hydrogen-bond donors (Lipinski definition) is 2. The van der Waals surface area contributed by atoms with Crippen LogP contribution in [0.25, 0.3) is 21.3 Å². The van der Waals surface area contributed by atoms with Gasteiger partial charge in [-0.15, -0.1) is 11.3 Å². The van der Waals surface area contributed by atoms with E-state index < -0.39 is 11.7 Å². The number of ether oxygens (including phenoxy) is 7. The summed E-state index contributed by atoms with van der Waals surface area (Å²) >= 11 is 1.63. The van der Waals surface area contributed by atoms with Crippen molar-refractivity contribution in [1.29, 1.82) is 0 Å². The number of aromatic nitrogens is 2. The van der Waals surface area contributed by atoms with Gasteiger partial charge >= 0.3 is 6.09 Å². The number of alkyl carbamates (subject to hydrolysis) is 1. The molecule has 4 aromatic rings. The molecule has 0 saturated heterocycles. The number of benzene rings is 2. The Kier molecular flexibility index (Phi) is 16.0. The topological polar surface area (TPSA) is 149 Å². The van der Waals surface area contributed by atoms with Crippen LogP contribution in [0.15, 0.2) is 48.5 Å². The van der Waals surface area contributed by atoms with Crippen LogP contribution in [0, 0.1) is 6.92 Å². The Bertz CT molecular complexity index is 1730. The predicted molar refractivity (Wildman–Crippen MR) is 201 cm³/mol. The van der Waals surface area contributed by atoms with Crippen molar-refractivity contribution in [2.24, 2.45) is 0 Å². The molecule has 2 N–H and O–H groups in total. The van der Waals surface area contributed by atoms with Gasteiger partial charge in [-0.2, -0.15) is 0 Å². The summed E-state index contributed by atoms with van der Waals surface area (Å²) in [6.07, 6.45) is 0.426. The van der Waals surface area contributed by atoms with Crippen LogP contribution in [0.1, 0.15) is 54.8 Å². The van der Waals surface area contributed by atoms with Crippen molar-refractivity contribution in [2.75, 3.05) is 78.4 Å². The lowest BCUT2D eigenvalue weighted by Crippen LogP contribution is -2.34. The van der Waals surface area contributed by atoms with E-state index >= 15 is 0 Å². The van der Waals surface area contributed by atoms with Crippen LogP contribution in [0.4, 0.5) is 10.6 Å². The number of methoxy groups -OCH3 is 1. The Balaban J connectivity index is 1.16. The minimum Gasteiger partial charge on any atom is -0.493 e. The Hall–Kier alpha value is -4.34. The monoisotopic (exact) mass is 738 g/mol. The first-order chi connectivity index (χ1) is 25.1. The standard InChI is InChI=1S/C38H50N4O9S/c1-26(34-11-12-35(52-34)29-10-8-7-9-28(29)25-43)40-36-30-23-33(32(45-6)24-31(30)41-27(2)42-36)50-22-21-49-20-19-48-18-17-47-16-15-46-14-13-39-37(44)51-38(3,4)5/h7-12,23-26H,13-22H2,1-6H3,(H,39,44)(H,40,41,42)/t26-/m1/s1. The Morgan fingerprint density at radius 2 is 1.52 bits per heavy atom. The Morgan fingerprint density at radius 1 is 0.865 bits per heavy atom. The summed E-state index contributed by atoms with van der Waals surface area (Å²) in [5.74, 6) is 2.43. The first-order valence-corrected chi connectivity index (χ1v) is 18.1. The second-order valence-electron chi connectivity index (χ2n) is 12.6. The Morgan fingerprint density at radius 3 is 2.17 bits per heavy atom. The quantitative estimate of drug-likeness (QED) is 0.0659. The zero-order valence-electron chi connectivity index (χ0n) is 30.8. The van der Waals surface area contributed by atoms with Crippen LogP contribution in [0.3, 0.4) is 0 Å². The van der Waals surface area contributed by atoms with Gasteiger partial charge in [-0.1, -0.05) is 24.3 Å². The van der Waals surface area contributed by atoms with E-state index in [0.717, 1.165) is 32.5 Å². The van der Waals surface area contributed by atoms with E-state index in [1.54, 1.807) is 18.4 Å². The third kappa shape index (κ3) is 13.0. The van der Waals surface area contributed by atoms with E-state index in [1.165, 1.54) is 0 Å². The van der Waals surface area contributed by atoms with Crippen LogP contribution in [0.2, 0.25) is 0 Å². The van der Waals surface area contributed by atoms with Crippen molar-refractivity contribution in [3.63, 3.8) is 0 Å². The second kappa shape index (κ2) is 20.6. The number of nitrogens with zero attached hydrogens (tertiary/aromatic N) is 2. The molecule has 0 fully saturated rings. The average molecular weight is 739 g/mol. The molecule has 0 aliphatic carbocycles. The summed E-state index contributed by atoms with van der Waals surface area (Å²) in [5.41, 5.74) is 1.79. The summed E-state index contributed by atoms with van der Waals surface area (Å²) < 4.78 is 39.0. The highest BCUT2D eigenvalue weighted by Gasteiger charge is 2.18. The smallest absolute Gasteiger partial charge is 0.407 e. The lowest BCUT2D eigenvalue weighted by Gasteiger charge is -2.19. The zero-order chi connectivity index (χ0) is 37.3. The third-order valence-electron chi connectivity index (χ3n) is 7.37. The van der Waals surface area contributed by atoms with Gasteiger partial charge in [-0.05, 0) is 52.8 Å². The molecule has 2 aromatic heterocycles. The molecule has 1 amide bonds. The SMILES string of the molecule is COc1cc2nc(C)nc(N[C@H](C)c3ccc(-c4ccccc4C=O)s3)c2cc1OCCOCCOCCOCCOCCNC(=O)OC(C)(C)C. The molecule has 0 radical (unpaired) electrons. The highest BCUT2D eigenvalue weighted by molar-refractivity contribution is 7.15. The molecule has 4 rings (SSSR count). The van der Waals surface area contributed by atoms with E-state index in [-0.39, 0.29) is 6.04 Å². The largest absolute Gasteiger partial charge is 0.493 e. The highest BCUT2D eigenvalue weighted by Crippen LogP contribution is 2.37. The van der Waals surface area contributed by atoms with Crippen LogP contribution < -0.4 is 20.1 Å². The maximum atomic E-state index is 11.6. The zero-order valence-corrected chi connectivity index (χ0v) is 31.6. The molecule has 52 heavy (non-hydrogen) atoms. The van der Waals surface area contributed by atoms with Crippen molar-refractivity contribution in [3.8, 4) is 21.9 Å². The normalized spacial score (nSPS) is 12.0. The summed E-state index contributed by atoms with van der Waals surface area (Å²) in [7, 11) is 1.59. The van der Waals surface area contributed by atoms with E-state index in [4.69, 9.17) is 38.1 Å². The molecule has 13 nitrogen and oxygen atoms in total. The fourth-order valence-electron chi connectivity index (χ4n) is 4.98. The van der Waals surface area contributed by atoms with Crippen molar-refractivity contribution in [1.82, 2.24) is 15.3 Å². The van der Waals surface area contributed by atoms with E-state index in [2.05, 4.69) is 28.6 Å². The molecule has 0 saturated carbocycles. The number of aryl methyl sites for hydroxylation is 1. The lowest BCUT2D eigenvalue weighted by molar-refractivity contribution is -0.00461. The fourth-order valence-corrected chi connectivity index (χ4v) is 6.04. The third-order valence-corrected chi connectivity index (χ3v) is 8.67. The number of aldehydes is 1. The van der Waals surface area contributed by atoms with Crippen molar-refractivity contribution < 1.29 is 42.7 Å². The van der Waals surface area contributed by atoms with Crippen molar-refractivity contribution in [3.05, 3.63) is 64.8 Å². The summed E-state index contributed by atoms with van der Waals surface area (Å²) in [5, 5.41) is 6.99. The van der Waals surface area contributed by atoms with Gasteiger partial charge in [-0.25, -0.2) is 14.8 Å². The number of hydrogen-bond acceptors (Lipinski definition) is 13. The lowest BCUT2D eigenvalue weighted by atomic mass is 10.1. The number of carbonyl (C=O) groups excluding carboxylic acids is 2. The first-order valence-electron chi connectivity index (χ1n) is 17.3. The number of fused-ring (bicyclic) bond motifs is 1. The van der Waals surface area contributed by atoms with Crippen molar-refractivity contribution in [2.45, 2.75) is 46.3 Å². The van der Waals surface area contributed by atoms with Gasteiger partial charge < -0.3 is 43.8 Å². The van der Waals surface area contributed by atoms with Crippen LogP contribution in [-0.4, -0.2) is 101 Å². The van der Waals surface area contributed by atoms with Gasteiger partial charge in [0, 0.05) is 38.9 Å². The van der Waals surface area contributed by atoms with Gasteiger partial charge in [-0.3, -0.25) is 4.79 Å². The summed E-state index contributed by atoms with van der Waals surface area (Å²) in [6, 6.07) is 15.4. The number of rotatable bonds is 22. The Labute approximate surface area is 309 Å². The van der Waals surface area contributed by atoms with Crippen LogP contribution >= 0.6 is 11.3 Å². The number of carbonyl (C=O) groups is 2. The molecule has 2 aromatic carbocycles. The number of thiophene rings is 1. The summed E-state index contributed by atoms with van der Waals surface area (Å²) in [4.78, 5) is 34.6. The average Bonchev–Trinajstić information content (AvgIpc) is 3.61. The van der Waals surface area contributed by atoms with Crippen LogP contribution in [-0.2, 0) is 23.7 Å². The molecule has 282 valence electrons. The van der Waals surface area contributed by atoms with Gasteiger partial charge in [0.1, 0.15) is 23.9 Å². The molecule has 1 atom stereocenters. The summed E-state index contributed by atoms with van der Waals surface area (Å²) in [6.45, 7) is 13.3. The maximum absolute atomic E-state index is 11.6. The van der Waals surface area contributed by atoms with E-state index in [9.17, 15) is 9.59 Å². The molecular weight excluding hydrogens is 689 g/mol. The van der Waals surface area contributed by atoms with Gasteiger partial charge in [0.05, 0.1) is 71.5 Å². The number of nitrogens with one attached hydrogen (secondary N) is 2. The van der Waals surface area contributed by atoms with Gasteiger partial charge in [0.15, 0.2) is 17.8 Å². The van der Waals surface area contributed by atoms with Crippen LogP contribution in [0.5, 0.6) is 11.5 Å². The second-order valence-corrected chi connectivity index (χ2v) is 13.8. The predicted octanol–water partition coefficient (Wildman–Crippen LogP) is 6.63. The molecule has 0 bridgehead atoms. The van der Waals surface area contributed by atoms with Gasteiger partial charge in [0.25, 0.3) is 0 Å². The number of anilines is 1. The fraction of sp³-hybridized carbons (Fsp3) is 0.474. The molecule has 0 aliphatic rings. The van der Waals surface area contributed by atoms with Crippen molar-refractivity contribution >= 4 is 40.4 Å². The van der Waals surface area contributed by atoms with Gasteiger partial charge in [0.2, 0.25) is 0 Å².